The molecule has 0 radical (unpaired) electrons. The third-order valence-electron chi connectivity index (χ3n) is 7.59. The van der Waals surface area contributed by atoms with Crippen LogP contribution in [0.2, 0.25) is 0 Å². The predicted molar refractivity (Wildman–Crippen MR) is 141 cm³/mol. The molecule has 0 spiro atoms. The Hall–Kier alpha value is -2.94. The van der Waals surface area contributed by atoms with E-state index in [0.717, 1.165) is 32.2 Å². The molecule has 190 valence electrons. The molecule has 0 aromatic heterocycles. The number of hydrogen-bond acceptors (Lipinski definition) is 5. The van der Waals surface area contributed by atoms with E-state index in [1.807, 2.05) is 12.1 Å². The van der Waals surface area contributed by atoms with Crippen molar-refractivity contribution in [2.45, 2.75) is 55.2 Å². The number of nitrogens with one attached hydrogen (secondary N) is 1. The van der Waals surface area contributed by atoms with E-state index in [1.165, 1.54) is 37.1 Å². The van der Waals surface area contributed by atoms with Crippen LogP contribution in [0.25, 0.3) is 10.8 Å². The standard InChI is InChI=1S/C28H33N3O4S/c1-30(2)36(33,34)26-17-25(27(35-3)24-12-8-7-11-23(24)26)28(32)29-20-15-21-13-14-22(16-20)31(21)18-19-9-5-4-6-10-19/h4-12,17,20-22H,13-16,18H2,1-3H3,(H,29,32)/t20?,21-,22+. The van der Waals surface area contributed by atoms with Gasteiger partial charge in [-0.1, -0.05) is 54.6 Å². The molecule has 3 aromatic carbocycles. The van der Waals surface area contributed by atoms with Crippen molar-refractivity contribution in [2.24, 2.45) is 0 Å². The highest BCUT2D eigenvalue weighted by Crippen LogP contribution is 2.38. The van der Waals surface area contributed by atoms with Gasteiger partial charge in [-0.25, -0.2) is 12.7 Å². The fourth-order valence-electron chi connectivity index (χ4n) is 5.82. The van der Waals surface area contributed by atoms with Crippen molar-refractivity contribution in [3.05, 3.63) is 71.8 Å². The molecule has 1 unspecified atom stereocenters. The van der Waals surface area contributed by atoms with Crippen LogP contribution in [0.3, 0.4) is 0 Å². The summed E-state index contributed by atoms with van der Waals surface area (Å²) < 4.78 is 33.1. The maximum Gasteiger partial charge on any atom is 0.255 e. The van der Waals surface area contributed by atoms with Crippen molar-refractivity contribution in [1.82, 2.24) is 14.5 Å². The minimum atomic E-state index is -3.77. The first-order chi connectivity index (χ1) is 17.3. The van der Waals surface area contributed by atoms with E-state index in [2.05, 4.69) is 34.5 Å². The van der Waals surface area contributed by atoms with Gasteiger partial charge in [-0.3, -0.25) is 9.69 Å². The van der Waals surface area contributed by atoms with Crippen LogP contribution in [0.5, 0.6) is 5.75 Å². The summed E-state index contributed by atoms with van der Waals surface area (Å²) >= 11 is 0. The Bertz CT molecular complexity index is 1360. The SMILES string of the molecule is COc1c(C(=O)NC2C[C@H]3CC[C@@H](C2)N3Cc2ccccc2)cc(S(=O)(=O)N(C)C)c2ccccc12. The normalized spacial score (nSPS) is 22.2. The second kappa shape index (κ2) is 9.84. The lowest BCUT2D eigenvalue weighted by Gasteiger charge is -2.39. The topological polar surface area (TPSA) is 79.0 Å². The molecular formula is C28H33N3O4S. The van der Waals surface area contributed by atoms with E-state index in [1.54, 1.807) is 18.2 Å². The summed E-state index contributed by atoms with van der Waals surface area (Å²) in [4.78, 5) is 16.3. The summed E-state index contributed by atoms with van der Waals surface area (Å²) in [6.07, 6.45) is 4.03. The Morgan fingerprint density at radius 2 is 1.61 bits per heavy atom. The zero-order valence-electron chi connectivity index (χ0n) is 21.0. The van der Waals surface area contributed by atoms with Gasteiger partial charge in [-0.2, -0.15) is 0 Å². The molecule has 3 aromatic rings. The minimum absolute atomic E-state index is 0.0344. The number of rotatable bonds is 7. The number of methoxy groups -OCH3 is 1. The van der Waals surface area contributed by atoms with Gasteiger partial charge in [0.25, 0.3) is 5.91 Å². The third kappa shape index (κ3) is 4.49. The molecule has 3 atom stereocenters. The van der Waals surface area contributed by atoms with E-state index in [-0.39, 0.29) is 22.4 Å². The number of fused-ring (bicyclic) bond motifs is 3. The molecule has 36 heavy (non-hydrogen) atoms. The van der Waals surface area contributed by atoms with Crippen molar-refractivity contribution >= 4 is 26.7 Å². The number of carbonyl (C=O) groups excluding carboxylic acids is 1. The zero-order chi connectivity index (χ0) is 25.4. The summed E-state index contributed by atoms with van der Waals surface area (Å²) in [5.41, 5.74) is 1.56. The number of ether oxygens (including phenoxy) is 1. The van der Waals surface area contributed by atoms with Crippen LogP contribution >= 0.6 is 0 Å². The largest absolute Gasteiger partial charge is 0.495 e. The summed E-state index contributed by atoms with van der Waals surface area (Å²) in [7, 11) is 0.730. The minimum Gasteiger partial charge on any atom is -0.495 e. The highest BCUT2D eigenvalue weighted by molar-refractivity contribution is 7.89. The predicted octanol–water partition coefficient (Wildman–Crippen LogP) is 4.02. The molecule has 8 heteroatoms. The fourth-order valence-corrected chi connectivity index (χ4v) is 6.94. The number of carbonyl (C=O) groups is 1. The highest BCUT2D eigenvalue weighted by Gasteiger charge is 2.41. The second-order valence-corrected chi connectivity index (χ2v) is 12.1. The Labute approximate surface area is 213 Å². The van der Waals surface area contributed by atoms with E-state index < -0.39 is 10.0 Å². The average molecular weight is 508 g/mol. The van der Waals surface area contributed by atoms with Crippen molar-refractivity contribution in [3.63, 3.8) is 0 Å². The lowest BCUT2D eigenvalue weighted by Crippen LogP contribution is -2.50. The lowest BCUT2D eigenvalue weighted by molar-refractivity contribution is 0.0825. The van der Waals surface area contributed by atoms with Gasteiger partial charge in [0, 0.05) is 49.5 Å². The molecular weight excluding hydrogens is 474 g/mol. The summed E-state index contributed by atoms with van der Waals surface area (Å²) in [6, 6.07) is 20.0. The van der Waals surface area contributed by atoms with Gasteiger partial charge in [-0.05, 0) is 37.3 Å². The van der Waals surface area contributed by atoms with E-state index >= 15 is 0 Å². The maximum atomic E-state index is 13.6. The van der Waals surface area contributed by atoms with Gasteiger partial charge in [0.05, 0.1) is 17.6 Å². The number of piperidine rings is 1. The van der Waals surface area contributed by atoms with Gasteiger partial charge in [0.2, 0.25) is 10.0 Å². The Morgan fingerprint density at radius 1 is 1.00 bits per heavy atom. The number of sulfonamides is 1. The summed E-state index contributed by atoms with van der Waals surface area (Å²) in [5, 5.41) is 4.35. The molecule has 2 saturated heterocycles. The van der Waals surface area contributed by atoms with Gasteiger partial charge in [-0.15, -0.1) is 0 Å². The maximum absolute atomic E-state index is 13.6. The van der Waals surface area contributed by atoms with Crippen LogP contribution in [-0.4, -0.2) is 62.9 Å². The summed E-state index contributed by atoms with van der Waals surface area (Å²) in [5.74, 6) is 0.0963. The Balaban J connectivity index is 1.41. The molecule has 2 bridgehead atoms. The van der Waals surface area contributed by atoms with Crippen LogP contribution in [0.1, 0.15) is 41.6 Å². The number of hydrogen-bond donors (Lipinski definition) is 1. The molecule has 0 saturated carbocycles. The van der Waals surface area contributed by atoms with Crippen molar-refractivity contribution in [3.8, 4) is 5.75 Å². The fraction of sp³-hybridized carbons (Fsp3) is 0.393. The molecule has 5 rings (SSSR count). The zero-order valence-corrected chi connectivity index (χ0v) is 21.8. The molecule has 2 aliphatic heterocycles. The Morgan fingerprint density at radius 3 is 2.22 bits per heavy atom. The first-order valence-corrected chi connectivity index (χ1v) is 13.9. The average Bonchev–Trinajstić information content (AvgIpc) is 3.10. The number of amides is 1. The second-order valence-electron chi connectivity index (χ2n) is 9.97. The molecule has 2 heterocycles. The molecule has 7 nitrogen and oxygen atoms in total. The molecule has 2 aliphatic rings. The van der Waals surface area contributed by atoms with Gasteiger partial charge in [0.1, 0.15) is 5.75 Å². The monoisotopic (exact) mass is 507 g/mol. The quantitative estimate of drug-likeness (QED) is 0.523. The van der Waals surface area contributed by atoms with Crippen LogP contribution in [0.4, 0.5) is 0 Å². The van der Waals surface area contributed by atoms with E-state index in [9.17, 15) is 13.2 Å². The first-order valence-electron chi connectivity index (χ1n) is 12.4. The summed E-state index contributed by atoms with van der Waals surface area (Å²) in [6.45, 7) is 0.932. The van der Waals surface area contributed by atoms with Crippen LogP contribution in [0.15, 0.2) is 65.6 Å². The third-order valence-corrected chi connectivity index (χ3v) is 9.45. The van der Waals surface area contributed by atoms with Crippen molar-refractivity contribution in [1.29, 1.82) is 0 Å². The van der Waals surface area contributed by atoms with Gasteiger partial charge < -0.3 is 10.1 Å². The van der Waals surface area contributed by atoms with E-state index in [0.29, 0.717) is 28.6 Å². The first kappa shape index (κ1) is 24.7. The van der Waals surface area contributed by atoms with Crippen LogP contribution < -0.4 is 10.1 Å². The van der Waals surface area contributed by atoms with Gasteiger partial charge >= 0.3 is 0 Å². The highest BCUT2D eigenvalue weighted by atomic mass is 32.2. The molecule has 1 N–H and O–H groups in total. The molecule has 2 fully saturated rings. The van der Waals surface area contributed by atoms with E-state index in [4.69, 9.17) is 4.74 Å². The Kier molecular flexibility index (Phi) is 6.76. The van der Waals surface area contributed by atoms with Gasteiger partial charge in [0.15, 0.2) is 0 Å². The smallest absolute Gasteiger partial charge is 0.255 e. The molecule has 0 aliphatic carbocycles. The number of benzene rings is 3. The van der Waals surface area contributed by atoms with Crippen LogP contribution in [0, 0.1) is 0 Å². The molecule has 1 amide bonds. The van der Waals surface area contributed by atoms with Crippen molar-refractivity contribution < 1.29 is 17.9 Å². The lowest BCUT2D eigenvalue weighted by atomic mass is 9.96. The van der Waals surface area contributed by atoms with Crippen LogP contribution in [-0.2, 0) is 16.6 Å². The van der Waals surface area contributed by atoms with Crippen molar-refractivity contribution in [2.75, 3.05) is 21.2 Å². The number of nitrogens with zero attached hydrogens (tertiary/aromatic N) is 2.